The molecule has 0 radical (unpaired) electrons. The first-order valence-corrected chi connectivity index (χ1v) is 12.1. The third-order valence-corrected chi connectivity index (χ3v) is 6.91. The van der Waals surface area contributed by atoms with Crippen LogP contribution in [-0.2, 0) is 21.0 Å². The van der Waals surface area contributed by atoms with Crippen LogP contribution in [-0.4, -0.2) is 70.7 Å². The highest BCUT2D eigenvalue weighted by atomic mass is 16.6. The van der Waals surface area contributed by atoms with Crippen molar-refractivity contribution in [3.05, 3.63) is 35.9 Å². The minimum absolute atomic E-state index is 0.0417. The van der Waals surface area contributed by atoms with E-state index in [9.17, 15) is 19.5 Å². The van der Waals surface area contributed by atoms with Gasteiger partial charge in [-0.25, -0.2) is 4.79 Å². The first-order chi connectivity index (χ1) is 16.4. The molecule has 9 nitrogen and oxygen atoms in total. The number of carboxylic acid groups (broad SMARTS) is 1. The summed E-state index contributed by atoms with van der Waals surface area (Å²) in [7, 11) is 1.35. The second-order valence-electron chi connectivity index (χ2n) is 9.21. The molecule has 0 spiro atoms. The van der Waals surface area contributed by atoms with Gasteiger partial charge in [0, 0.05) is 13.6 Å². The van der Waals surface area contributed by atoms with E-state index < -0.39 is 24.1 Å². The molecule has 1 saturated heterocycles. The Morgan fingerprint density at radius 2 is 1.88 bits per heavy atom. The van der Waals surface area contributed by atoms with Crippen LogP contribution in [0.3, 0.4) is 0 Å². The molecule has 1 saturated carbocycles. The predicted molar refractivity (Wildman–Crippen MR) is 128 cm³/mol. The van der Waals surface area contributed by atoms with E-state index in [1.165, 1.54) is 14.0 Å². The number of likely N-dealkylation sites (tertiary alicyclic amines) is 1. The van der Waals surface area contributed by atoms with E-state index in [1.807, 2.05) is 30.3 Å². The normalized spacial score (nSPS) is 20.6. The molecule has 186 valence electrons. The fraction of sp³-hybridized carbons (Fsp3) is 0.600. The van der Waals surface area contributed by atoms with Gasteiger partial charge in [-0.05, 0) is 44.1 Å². The summed E-state index contributed by atoms with van der Waals surface area (Å²) in [5.74, 6) is -0.535. The Morgan fingerprint density at radius 1 is 1.18 bits per heavy atom. The highest BCUT2D eigenvalue weighted by Gasteiger charge is 2.39. The van der Waals surface area contributed by atoms with Crippen LogP contribution in [0, 0.1) is 5.92 Å². The second kappa shape index (κ2) is 12.4. The summed E-state index contributed by atoms with van der Waals surface area (Å²) in [6.07, 6.45) is 7.03. The minimum atomic E-state index is -1.19. The first-order valence-electron chi connectivity index (χ1n) is 12.1. The standard InChI is InChI=1S/C25H36N4O5/c1-18(28(2)25(32)33)23(30)27-22(20-12-7-4-8-13-20)24(31)29-15-9-14-21(29)16-26-34-17-19-10-5-3-6-11-19/h3,5-6,10-11,16,18,20-22H,4,7-9,12-15,17H2,1-2H3,(H,27,30)(H,32,33)/t18-,21?,22-/m0/s1. The van der Waals surface area contributed by atoms with Crippen LogP contribution in [0.1, 0.15) is 57.4 Å². The molecule has 1 aliphatic heterocycles. The number of hydrogen-bond donors (Lipinski definition) is 2. The molecule has 1 aromatic carbocycles. The molecule has 2 N–H and O–H groups in total. The molecule has 34 heavy (non-hydrogen) atoms. The van der Waals surface area contributed by atoms with Gasteiger partial charge in [-0.15, -0.1) is 0 Å². The van der Waals surface area contributed by atoms with Crippen molar-refractivity contribution in [2.75, 3.05) is 13.6 Å². The van der Waals surface area contributed by atoms with Gasteiger partial charge in [0.1, 0.15) is 18.7 Å². The van der Waals surface area contributed by atoms with Crippen LogP contribution in [0.5, 0.6) is 0 Å². The largest absolute Gasteiger partial charge is 0.465 e. The molecule has 3 atom stereocenters. The number of nitrogens with zero attached hydrogens (tertiary/aromatic N) is 3. The van der Waals surface area contributed by atoms with E-state index in [0.717, 1.165) is 55.4 Å². The third-order valence-electron chi connectivity index (χ3n) is 6.91. The molecule has 1 unspecified atom stereocenters. The quantitative estimate of drug-likeness (QED) is 0.423. The van der Waals surface area contributed by atoms with Crippen LogP contribution < -0.4 is 5.32 Å². The fourth-order valence-electron chi connectivity index (χ4n) is 4.66. The molecule has 3 rings (SSSR count). The van der Waals surface area contributed by atoms with Crippen molar-refractivity contribution < 1.29 is 24.3 Å². The van der Waals surface area contributed by atoms with Crippen molar-refractivity contribution in [3.63, 3.8) is 0 Å². The number of oxime groups is 1. The smallest absolute Gasteiger partial charge is 0.407 e. The Balaban J connectivity index is 1.66. The Kier molecular flexibility index (Phi) is 9.30. The summed E-state index contributed by atoms with van der Waals surface area (Å²) in [6.45, 7) is 2.48. The van der Waals surface area contributed by atoms with Gasteiger partial charge in [-0.3, -0.25) is 14.5 Å². The topological polar surface area (TPSA) is 112 Å². The number of benzene rings is 1. The van der Waals surface area contributed by atoms with Crippen molar-refractivity contribution in [2.24, 2.45) is 11.1 Å². The lowest BCUT2D eigenvalue weighted by atomic mass is 9.83. The average Bonchev–Trinajstić information content (AvgIpc) is 3.33. The van der Waals surface area contributed by atoms with E-state index >= 15 is 0 Å². The van der Waals surface area contributed by atoms with Crippen LogP contribution in [0.2, 0.25) is 0 Å². The molecule has 9 heteroatoms. The summed E-state index contributed by atoms with van der Waals surface area (Å²) in [4.78, 5) is 45.9. The lowest BCUT2D eigenvalue weighted by molar-refractivity contribution is -0.139. The number of carbonyl (C=O) groups is 3. The number of rotatable bonds is 9. The molecule has 1 aromatic rings. The van der Waals surface area contributed by atoms with Crippen molar-refractivity contribution >= 4 is 24.1 Å². The lowest BCUT2D eigenvalue weighted by Gasteiger charge is -2.35. The van der Waals surface area contributed by atoms with Crippen molar-refractivity contribution in [3.8, 4) is 0 Å². The summed E-state index contributed by atoms with van der Waals surface area (Å²) >= 11 is 0. The zero-order chi connectivity index (χ0) is 24.5. The number of carbonyl (C=O) groups excluding carboxylic acids is 2. The number of likely N-dealkylation sites (N-methyl/N-ethyl adjacent to an activating group) is 1. The minimum Gasteiger partial charge on any atom is -0.465 e. The van der Waals surface area contributed by atoms with Gasteiger partial charge in [-0.1, -0.05) is 54.8 Å². The van der Waals surface area contributed by atoms with E-state index in [0.29, 0.717) is 13.2 Å². The maximum atomic E-state index is 13.6. The Bertz CT molecular complexity index is 856. The molecule has 1 heterocycles. The van der Waals surface area contributed by atoms with Gasteiger partial charge >= 0.3 is 6.09 Å². The zero-order valence-electron chi connectivity index (χ0n) is 20.1. The SMILES string of the molecule is C[C@@H](C(=O)N[C@H](C(=O)N1CCCC1C=NOCc1ccccc1)C1CCCCC1)N(C)C(=O)O. The number of amides is 3. The fourth-order valence-corrected chi connectivity index (χ4v) is 4.66. The molecule has 1 aliphatic carbocycles. The van der Waals surface area contributed by atoms with Crippen molar-refractivity contribution in [1.29, 1.82) is 0 Å². The van der Waals surface area contributed by atoms with Crippen LogP contribution in [0.4, 0.5) is 4.79 Å². The molecule has 2 aliphatic rings. The van der Waals surface area contributed by atoms with Crippen LogP contribution in [0.15, 0.2) is 35.5 Å². The van der Waals surface area contributed by atoms with Gasteiger partial charge in [0.2, 0.25) is 11.8 Å². The predicted octanol–water partition coefficient (Wildman–Crippen LogP) is 3.24. The Hall–Kier alpha value is -3.10. The van der Waals surface area contributed by atoms with Crippen LogP contribution in [0.25, 0.3) is 0 Å². The first kappa shape index (κ1) is 25.5. The second-order valence-corrected chi connectivity index (χ2v) is 9.21. The summed E-state index contributed by atoms with van der Waals surface area (Å²) in [5.41, 5.74) is 1.01. The molecular weight excluding hydrogens is 436 g/mol. The molecule has 0 aromatic heterocycles. The highest BCUT2D eigenvalue weighted by molar-refractivity contribution is 5.92. The average molecular weight is 473 g/mol. The maximum absolute atomic E-state index is 13.6. The number of hydrogen-bond acceptors (Lipinski definition) is 5. The van der Waals surface area contributed by atoms with E-state index in [1.54, 1.807) is 11.1 Å². The molecular formula is C25H36N4O5. The third kappa shape index (κ3) is 6.71. The summed E-state index contributed by atoms with van der Waals surface area (Å²) in [5, 5.41) is 16.2. The Morgan fingerprint density at radius 3 is 2.56 bits per heavy atom. The van der Waals surface area contributed by atoms with E-state index in [2.05, 4.69) is 10.5 Å². The van der Waals surface area contributed by atoms with Gasteiger partial charge in [-0.2, -0.15) is 0 Å². The Labute approximate surface area is 201 Å². The molecule has 0 bridgehead atoms. The monoisotopic (exact) mass is 472 g/mol. The molecule has 3 amide bonds. The van der Waals surface area contributed by atoms with E-state index in [-0.39, 0.29) is 17.9 Å². The summed E-state index contributed by atoms with van der Waals surface area (Å²) in [6, 6.07) is 7.99. The summed E-state index contributed by atoms with van der Waals surface area (Å²) < 4.78 is 0. The van der Waals surface area contributed by atoms with Gasteiger partial charge < -0.3 is 20.2 Å². The van der Waals surface area contributed by atoms with Crippen LogP contribution >= 0.6 is 0 Å². The lowest BCUT2D eigenvalue weighted by Crippen LogP contribution is -2.57. The highest BCUT2D eigenvalue weighted by Crippen LogP contribution is 2.29. The zero-order valence-corrected chi connectivity index (χ0v) is 20.1. The van der Waals surface area contributed by atoms with Gasteiger partial charge in [0.15, 0.2) is 0 Å². The van der Waals surface area contributed by atoms with Gasteiger partial charge in [0.25, 0.3) is 0 Å². The maximum Gasteiger partial charge on any atom is 0.407 e. The number of nitrogens with one attached hydrogen (secondary N) is 1. The van der Waals surface area contributed by atoms with Crippen molar-refractivity contribution in [2.45, 2.75) is 76.6 Å². The van der Waals surface area contributed by atoms with Gasteiger partial charge in [0.05, 0.1) is 12.3 Å². The molecule has 2 fully saturated rings. The van der Waals surface area contributed by atoms with Crippen molar-refractivity contribution in [1.82, 2.24) is 15.1 Å². The van der Waals surface area contributed by atoms with E-state index in [4.69, 9.17) is 4.84 Å².